The summed E-state index contributed by atoms with van der Waals surface area (Å²) in [6.07, 6.45) is 36.5. The third kappa shape index (κ3) is 27.5. The maximum atomic E-state index is 15.2. The topological polar surface area (TPSA) is 115 Å². The van der Waals surface area contributed by atoms with Crippen LogP contribution in [0.4, 0.5) is 0 Å². The highest BCUT2D eigenvalue weighted by Crippen LogP contribution is 2.45. The molecule has 4 aromatic carbocycles. The molecule has 3 N–H and O–H groups in total. The van der Waals surface area contributed by atoms with Gasteiger partial charge >= 0.3 is 0 Å². The lowest BCUT2D eigenvalue weighted by Crippen LogP contribution is -2.33. The Morgan fingerprint density at radius 3 is 0.718 bits per heavy atom. The number of carbonyl (C=O) groups excluding carboxylic acids is 3. The Labute approximate surface area is 473 Å². The van der Waals surface area contributed by atoms with Crippen molar-refractivity contribution in [3.05, 3.63) is 124 Å². The van der Waals surface area contributed by atoms with Gasteiger partial charge in [0.15, 0.2) is 17.2 Å². The molecular weight excluding hydrogens is 967 g/mol. The van der Waals surface area contributed by atoms with Gasteiger partial charge < -0.3 is 30.2 Å². The molecule has 0 aliphatic rings. The number of benzene rings is 4. The molecule has 0 saturated carbocycles. The van der Waals surface area contributed by atoms with Crippen LogP contribution < -0.4 is 30.2 Å². The minimum atomic E-state index is -0.458. The molecule has 0 unspecified atom stereocenters. The SMILES string of the molecule is CCCCCCCCCCCCOc1c(C(=O)NCCc2ccccc2)c(OCCCCCCCCCCCC)c(C(=O)NCCc2ccccc2)c(OCCCCCCCCCCCC)c1C(=O)NCCc1ccccc1. The standard InChI is InChI=1S/C69H105N3O6/c1-4-7-10-13-16-19-22-25-28-40-55-76-64-61(67(73)70-52-49-58-43-34-31-35-44-58)65(77-56-41-29-26-23-20-17-14-11-8-5-2)63(69(75)72-54-51-60-47-38-33-39-48-60)66(78-57-42-30-27-24-21-18-15-12-9-6-3)62(64)68(74)71-53-50-59-45-36-32-37-46-59/h31-39,43-48H,4-30,40-42,49-57H2,1-3H3,(H,70,73)(H,71,74)(H,72,75). The van der Waals surface area contributed by atoms with E-state index in [9.17, 15) is 0 Å². The van der Waals surface area contributed by atoms with Crippen molar-refractivity contribution in [2.45, 2.75) is 233 Å². The van der Waals surface area contributed by atoms with Crippen LogP contribution in [0.2, 0.25) is 0 Å². The number of nitrogens with one attached hydrogen (secondary N) is 3. The molecule has 0 heterocycles. The van der Waals surface area contributed by atoms with Crippen molar-refractivity contribution in [1.82, 2.24) is 16.0 Å². The zero-order chi connectivity index (χ0) is 55.4. The smallest absolute Gasteiger partial charge is 0.258 e. The van der Waals surface area contributed by atoms with Crippen LogP contribution in [-0.2, 0) is 19.3 Å². The predicted octanol–water partition coefficient (Wildman–Crippen LogP) is 17.5. The summed E-state index contributed by atoms with van der Waals surface area (Å²) < 4.78 is 20.6. The first-order chi connectivity index (χ1) is 38.5. The van der Waals surface area contributed by atoms with Crippen molar-refractivity contribution < 1.29 is 28.6 Å². The van der Waals surface area contributed by atoms with Crippen LogP contribution in [0.25, 0.3) is 0 Å². The molecule has 0 atom stereocenters. The van der Waals surface area contributed by atoms with Crippen LogP contribution in [0, 0.1) is 0 Å². The molecule has 4 aromatic rings. The zero-order valence-corrected chi connectivity index (χ0v) is 49.2. The van der Waals surface area contributed by atoms with Gasteiger partial charge in [-0.25, -0.2) is 0 Å². The van der Waals surface area contributed by atoms with Gasteiger partial charge in [-0.2, -0.15) is 0 Å². The summed E-state index contributed by atoms with van der Waals surface area (Å²) in [5.74, 6) is -1.05. The van der Waals surface area contributed by atoms with Gasteiger partial charge in [0.1, 0.15) is 16.7 Å². The van der Waals surface area contributed by atoms with Crippen LogP contribution in [-0.4, -0.2) is 57.2 Å². The van der Waals surface area contributed by atoms with Gasteiger partial charge in [-0.3, -0.25) is 14.4 Å². The van der Waals surface area contributed by atoms with Gasteiger partial charge in [0.2, 0.25) is 0 Å². The quantitative estimate of drug-likeness (QED) is 0.0380. The number of ether oxygens (including phenoxy) is 3. The summed E-state index contributed by atoms with van der Waals surface area (Å²) in [6.45, 7) is 8.59. The Kier molecular flexibility index (Phi) is 36.4. The Morgan fingerprint density at radius 1 is 0.295 bits per heavy atom. The van der Waals surface area contributed by atoms with Crippen LogP contribution in [0.3, 0.4) is 0 Å². The Balaban J connectivity index is 1.78. The van der Waals surface area contributed by atoms with Crippen LogP contribution in [0.5, 0.6) is 17.2 Å². The van der Waals surface area contributed by atoms with Gasteiger partial charge in [-0.05, 0) is 55.2 Å². The lowest BCUT2D eigenvalue weighted by Gasteiger charge is -2.25. The fourth-order valence-corrected chi connectivity index (χ4v) is 10.2. The van der Waals surface area contributed by atoms with E-state index in [4.69, 9.17) is 14.2 Å². The molecule has 0 aliphatic heterocycles. The Morgan fingerprint density at radius 2 is 0.500 bits per heavy atom. The van der Waals surface area contributed by atoms with E-state index in [0.29, 0.717) is 38.9 Å². The monoisotopic (exact) mass is 1070 g/mol. The minimum absolute atomic E-state index is 0.0647. The number of amides is 3. The summed E-state index contributed by atoms with van der Waals surface area (Å²) in [5, 5.41) is 9.55. The summed E-state index contributed by atoms with van der Waals surface area (Å²) >= 11 is 0. The van der Waals surface area contributed by atoms with Crippen molar-refractivity contribution in [3.63, 3.8) is 0 Å². The third-order valence-corrected chi connectivity index (χ3v) is 14.9. The number of hydrogen-bond acceptors (Lipinski definition) is 6. The molecule has 0 bridgehead atoms. The predicted molar refractivity (Wildman–Crippen MR) is 326 cm³/mol. The van der Waals surface area contributed by atoms with Crippen molar-refractivity contribution >= 4 is 17.7 Å². The first kappa shape index (κ1) is 65.2. The minimum Gasteiger partial charge on any atom is -0.492 e. The molecule has 3 amide bonds. The van der Waals surface area contributed by atoms with Gasteiger partial charge in [-0.1, -0.05) is 285 Å². The lowest BCUT2D eigenvalue weighted by atomic mass is 9.97. The lowest BCUT2D eigenvalue weighted by molar-refractivity contribution is 0.0935. The molecule has 0 aromatic heterocycles. The first-order valence-corrected chi connectivity index (χ1v) is 31.6. The van der Waals surface area contributed by atoms with E-state index in [1.54, 1.807) is 0 Å². The number of rotatable bonds is 48. The molecule has 0 radical (unpaired) electrons. The third-order valence-electron chi connectivity index (χ3n) is 14.9. The van der Waals surface area contributed by atoms with Crippen LogP contribution >= 0.6 is 0 Å². The van der Waals surface area contributed by atoms with Crippen LogP contribution in [0.1, 0.15) is 261 Å². The molecule has 78 heavy (non-hydrogen) atoms. The van der Waals surface area contributed by atoms with E-state index >= 15 is 14.4 Å². The highest BCUT2D eigenvalue weighted by atomic mass is 16.5. The maximum absolute atomic E-state index is 15.2. The van der Waals surface area contributed by atoms with Gasteiger partial charge in [0.25, 0.3) is 17.7 Å². The van der Waals surface area contributed by atoms with Crippen LogP contribution in [0.15, 0.2) is 91.0 Å². The van der Waals surface area contributed by atoms with E-state index in [-0.39, 0.29) is 53.8 Å². The second-order valence-electron chi connectivity index (χ2n) is 21.7. The van der Waals surface area contributed by atoms with Gasteiger partial charge in [0.05, 0.1) is 19.8 Å². The summed E-state index contributed by atoms with van der Waals surface area (Å²) in [6, 6.07) is 30.2. The normalized spacial score (nSPS) is 11.1. The van der Waals surface area contributed by atoms with Gasteiger partial charge in [0, 0.05) is 19.6 Å². The zero-order valence-electron chi connectivity index (χ0n) is 49.2. The molecule has 0 fully saturated rings. The highest BCUT2D eigenvalue weighted by Gasteiger charge is 2.37. The summed E-state index contributed by atoms with van der Waals surface area (Å²) in [5.41, 5.74) is 3.45. The van der Waals surface area contributed by atoms with E-state index < -0.39 is 17.7 Å². The molecule has 0 aliphatic carbocycles. The number of carbonyl (C=O) groups is 3. The van der Waals surface area contributed by atoms with E-state index in [2.05, 4.69) is 36.7 Å². The fraction of sp³-hybridized carbons (Fsp3) is 0.609. The average Bonchev–Trinajstić information content (AvgIpc) is 3.46. The fourth-order valence-electron chi connectivity index (χ4n) is 10.2. The number of hydrogen-bond donors (Lipinski definition) is 3. The molecule has 0 saturated heterocycles. The molecule has 432 valence electrons. The van der Waals surface area contributed by atoms with E-state index in [1.807, 2.05) is 91.0 Å². The van der Waals surface area contributed by atoms with E-state index in [0.717, 1.165) is 93.7 Å². The molecular formula is C69H105N3O6. The second-order valence-corrected chi connectivity index (χ2v) is 21.7. The Bertz CT molecular complexity index is 1890. The average molecular weight is 1070 g/mol. The number of unbranched alkanes of at least 4 members (excludes halogenated alkanes) is 27. The van der Waals surface area contributed by atoms with Crippen molar-refractivity contribution in [2.75, 3.05) is 39.5 Å². The molecule has 9 nitrogen and oxygen atoms in total. The maximum Gasteiger partial charge on any atom is 0.258 e. The second kappa shape index (κ2) is 43.6. The van der Waals surface area contributed by atoms with Gasteiger partial charge in [-0.15, -0.1) is 0 Å². The molecule has 0 spiro atoms. The van der Waals surface area contributed by atoms with Crippen molar-refractivity contribution in [1.29, 1.82) is 0 Å². The summed E-state index contributed by atoms with van der Waals surface area (Å²) in [7, 11) is 0. The largest absolute Gasteiger partial charge is 0.492 e. The highest BCUT2D eigenvalue weighted by molar-refractivity contribution is 6.14. The summed E-state index contributed by atoms with van der Waals surface area (Å²) in [4.78, 5) is 45.7. The first-order valence-electron chi connectivity index (χ1n) is 31.6. The molecule has 4 rings (SSSR count). The molecule has 9 heteroatoms. The van der Waals surface area contributed by atoms with Crippen molar-refractivity contribution in [2.24, 2.45) is 0 Å². The van der Waals surface area contributed by atoms with Crippen molar-refractivity contribution in [3.8, 4) is 17.2 Å². The Hall–Kier alpha value is -5.31. The van der Waals surface area contributed by atoms with E-state index in [1.165, 1.54) is 116 Å².